The molecular weight excluding hydrogens is 526 g/mol. The van der Waals surface area contributed by atoms with E-state index in [1.807, 2.05) is 52.8 Å². The number of rotatable bonds is 10. The summed E-state index contributed by atoms with van der Waals surface area (Å²) in [5.41, 5.74) is 2.53. The van der Waals surface area contributed by atoms with Crippen molar-refractivity contribution in [3.8, 4) is 5.75 Å². The second-order valence-corrected chi connectivity index (χ2v) is 12.7. The van der Waals surface area contributed by atoms with E-state index in [0.717, 1.165) is 21.0 Å². The fourth-order valence-corrected chi connectivity index (χ4v) is 5.54. The van der Waals surface area contributed by atoms with Crippen LogP contribution in [0.15, 0.2) is 77.7 Å². The van der Waals surface area contributed by atoms with Crippen LogP contribution in [0.25, 0.3) is 0 Å². The first-order valence-electron chi connectivity index (χ1n) is 13.1. The van der Waals surface area contributed by atoms with E-state index in [0.29, 0.717) is 11.4 Å². The molecule has 3 aromatic carbocycles. The minimum Gasteiger partial charge on any atom is -0.497 e. The molecule has 0 spiro atoms. The highest BCUT2D eigenvalue weighted by Gasteiger charge is 2.33. The number of carbonyl (C=O) groups excluding carboxylic acids is 2. The second kappa shape index (κ2) is 12.6. The van der Waals surface area contributed by atoms with Gasteiger partial charge in [0.1, 0.15) is 18.3 Å². The summed E-state index contributed by atoms with van der Waals surface area (Å²) in [7, 11) is -2.53. The van der Waals surface area contributed by atoms with Crippen molar-refractivity contribution in [3.63, 3.8) is 0 Å². The third-order valence-electron chi connectivity index (χ3n) is 6.57. The van der Waals surface area contributed by atoms with Crippen molar-refractivity contribution in [2.24, 2.45) is 0 Å². The van der Waals surface area contributed by atoms with Crippen molar-refractivity contribution in [3.05, 3.63) is 89.5 Å². The fourth-order valence-electron chi connectivity index (χ4n) is 4.11. The van der Waals surface area contributed by atoms with E-state index in [-0.39, 0.29) is 17.3 Å². The van der Waals surface area contributed by atoms with Gasteiger partial charge >= 0.3 is 0 Å². The number of sulfonamides is 1. The highest BCUT2D eigenvalue weighted by Crippen LogP contribution is 2.26. The summed E-state index contributed by atoms with van der Waals surface area (Å²) in [5.74, 6) is -0.182. The number of nitrogens with one attached hydrogen (secondary N) is 1. The van der Waals surface area contributed by atoms with E-state index in [2.05, 4.69) is 5.32 Å². The van der Waals surface area contributed by atoms with Crippen LogP contribution in [0.3, 0.4) is 0 Å². The Morgan fingerprint density at radius 2 is 1.55 bits per heavy atom. The Labute approximate surface area is 238 Å². The van der Waals surface area contributed by atoms with Crippen LogP contribution in [0.4, 0.5) is 5.69 Å². The second-order valence-electron chi connectivity index (χ2n) is 10.9. The van der Waals surface area contributed by atoms with Gasteiger partial charge in [0.05, 0.1) is 17.7 Å². The molecule has 0 aliphatic carbocycles. The SMILES string of the molecule is COc1ccc(CN(C(=O)CN(c2ccc(C)c(C)c2)S(=O)(=O)c2ccccc2)[C@@H](C)C(=O)NC(C)(C)C)cc1. The molecule has 3 rings (SSSR count). The van der Waals surface area contributed by atoms with Gasteiger partial charge in [-0.2, -0.15) is 0 Å². The smallest absolute Gasteiger partial charge is 0.264 e. The summed E-state index contributed by atoms with van der Waals surface area (Å²) in [6, 6.07) is 19.6. The van der Waals surface area contributed by atoms with Crippen molar-refractivity contribution in [1.29, 1.82) is 0 Å². The number of anilines is 1. The Kier molecular flexibility index (Phi) is 9.63. The predicted molar refractivity (Wildman–Crippen MR) is 158 cm³/mol. The first-order valence-corrected chi connectivity index (χ1v) is 14.6. The number of carbonyl (C=O) groups is 2. The Morgan fingerprint density at radius 3 is 2.10 bits per heavy atom. The number of benzene rings is 3. The van der Waals surface area contributed by atoms with Crippen LogP contribution >= 0.6 is 0 Å². The number of aryl methyl sites for hydroxylation is 2. The van der Waals surface area contributed by atoms with Gasteiger partial charge < -0.3 is 15.0 Å². The molecule has 0 bridgehead atoms. The lowest BCUT2D eigenvalue weighted by molar-refractivity contribution is -0.140. The van der Waals surface area contributed by atoms with Gasteiger partial charge in [-0.25, -0.2) is 8.42 Å². The van der Waals surface area contributed by atoms with Gasteiger partial charge in [0.15, 0.2) is 0 Å². The summed E-state index contributed by atoms with van der Waals surface area (Å²) in [4.78, 5) is 28.7. The standard InChI is InChI=1S/C31H39N3O5S/c1-22-13-16-26(19-23(22)2)34(40(37,38)28-11-9-8-10-12-28)21-29(35)33(24(3)30(36)32-31(4,5)6)20-25-14-17-27(39-7)18-15-25/h8-19,24H,20-21H2,1-7H3,(H,32,36)/t24-/m0/s1. The van der Waals surface area contributed by atoms with E-state index >= 15 is 0 Å². The van der Waals surface area contributed by atoms with Gasteiger partial charge in [0, 0.05) is 12.1 Å². The van der Waals surface area contributed by atoms with Crippen LogP contribution in [0, 0.1) is 13.8 Å². The number of ether oxygens (including phenoxy) is 1. The molecule has 8 nitrogen and oxygen atoms in total. The van der Waals surface area contributed by atoms with Crippen molar-refractivity contribution in [2.75, 3.05) is 18.0 Å². The molecule has 0 unspecified atom stereocenters. The molecule has 0 aromatic heterocycles. The highest BCUT2D eigenvalue weighted by atomic mass is 32.2. The van der Waals surface area contributed by atoms with Crippen LogP contribution in [-0.4, -0.2) is 50.4 Å². The molecule has 9 heteroatoms. The van der Waals surface area contributed by atoms with E-state index < -0.39 is 34.1 Å². The Balaban J connectivity index is 2.04. The van der Waals surface area contributed by atoms with E-state index in [4.69, 9.17) is 4.74 Å². The zero-order valence-corrected chi connectivity index (χ0v) is 25.1. The maximum atomic E-state index is 14.0. The molecule has 0 aliphatic heterocycles. The molecule has 0 saturated heterocycles. The van der Waals surface area contributed by atoms with Crippen LogP contribution < -0.4 is 14.4 Å². The number of nitrogens with zero attached hydrogens (tertiary/aromatic N) is 2. The molecule has 0 aliphatic rings. The van der Waals surface area contributed by atoms with Gasteiger partial charge in [-0.15, -0.1) is 0 Å². The van der Waals surface area contributed by atoms with Crippen LogP contribution in [0.5, 0.6) is 5.75 Å². The first-order chi connectivity index (χ1) is 18.7. The molecule has 40 heavy (non-hydrogen) atoms. The molecular formula is C31H39N3O5S. The molecule has 0 heterocycles. The van der Waals surface area contributed by atoms with Gasteiger partial charge in [0.25, 0.3) is 10.0 Å². The lowest BCUT2D eigenvalue weighted by Crippen LogP contribution is -2.54. The summed E-state index contributed by atoms with van der Waals surface area (Å²) >= 11 is 0. The van der Waals surface area contributed by atoms with Crippen LogP contribution in [-0.2, 0) is 26.2 Å². The largest absolute Gasteiger partial charge is 0.497 e. The Hall–Kier alpha value is -3.85. The maximum Gasteiger partial charge on any atom is 0.264 e. The number of hydrogen-bond acceptors (Lipinski definition) is 5. The van der Waals surface area contributed by atoms with E-state index in [1.54, 1.807) is 56.5 Å². The third-order valence-corrected chi connectivity index (χ3v) is 8.35. The minimum atomic E-state index is -4.10. The molecule has 2 amide bonds. The van der Waals surface area contributed by atoms with Gasteiger partial charge in [-0.05, 0) is 94.6 Å². The molecule has 3 aromatic rings. The molecule has 0 saturated carbocycles. The Bertz CT molecular complexity index is 1430. The zero-order chi connectivity index (χ0) is 29.7. The lowest BCUT2D eigenvalue weighted by atomic mass is 10.1. The molecule has 1 atom stereocenters. The summed E-state index contributed by atoms with van der Waals surface area (Å²) in [6.45, 7) is 10.7. The first kappa shape index (κ1) is 30.7. The van der Waals surface area contributed by atoms with Crippen LogP contribution in [0.1, 0.15) is 44.4 Å². The predicted octanol–water partition coefficient (Wildman–Crippen LogP) is 4.84. The van der Waals surface area contributed by atoms with Gasteiger partial charge in [-0.3, -0.25) is 13.9 Å². The third kappa shape index (κ3) is 7.63. The quantitative estimate of drug-likeness (QED) is 0.380. The van der Waals surface area contributed by atoms with E-state index in [9.17, 15) is 18.0 Å². The van der Waals surface area contributed by atoms with Crippen molar-refractivity contribution in [1.82, 2.24) is 10.2 Å². The van der Waals surface area contributed by atoms with Crippen LogP contribution in [0.2, 0.25) is 0 Å². The van der Waals surface area contributed by atoms with Crippen molar-refractivity contribution in [2.45, 2.75) is 64.6 Å². The number of methoxy groups -OCH3 is 1. The maximum absolute atomic E-state index is 14.0. The van der Waals surface area contributed by atoms with E-state index in [1.165, 1.54) is 17.0 Å². The molecule has 0 radical (unpaired) electrons. The average Bonchev–Trinajstić information content (AvgIpc) is 2.91. The van der Waals surface area contributed by atoms with Crippen molar-refractivity contribution < 1.29 is 22.7 Å². The van der Waals surface area contributed by atoms with Gasteiger partial charge in [-0.1, -0.05) is 36.4 Å². The average molecular weight is 566 g/mol. The zero-order valence-electron chi connectivity index (χ0n) is 24.3. The molecule has 1 N–H and O–H groups in total. The summed E-state index contributed by atoms with van der Waals surface area (Å²) in [6.07, 6.45) is 0. The fraction of sp³-hybridized carbons (Fsp3) is 0.355. The van der Waals surface area contributed by atoms with Gasteiger partial charge in [0.2, 0.25) is 11.8 Å². The summed E-state index contributed by atoms with van der Waals surface area (Å²) in [5, 5.41) is 2.93. The molecule has 214 valence electrons. The summed E-state index contributed by atoms with van der Waals surface area (Å²) < 4.78 is 34.1. The number of amides is 2. The molecule has 0 fully saturated rings. The number of hydrogen-bond donors (Lipinski definition) is 1. The van der Waals surface area contributed by atoms with Crippen molar-refractivity contribution >= 4 is 27.5 Å². The highest BCUT2D eigenvalue weighted by molar-refractivity contribution is 7.92. The lowest BCUT2D eigenvalue weighted by Gasteiger charge is -2.33. The topological polar surface area (TPSA) is 96.0 Å². The minimum absolute atomic E-state index is 0.0706. The monoisotopic (exact) mass is 565 g/mol. The normalized spacial score (nSPS) is 12.4. The Morgan fingerprint density at radius 1 is 0.925 bits per heavy atom.